The summed E-state index contributed by atoms with van der Waals surface area (Å²) in [4.78, 5) is 17.9. The number of amides is 1. The predicted octanol–water partition coefficient (Wildman–Crippen LogP) is 3.71. The Bertz CT molecular complexity index is 1010. The molecule has 1 spiro atoms. The van der Waals surface area contributed by atoms with Gasteiger partial charge in [-0.3, -0.25) is 9.69 Å². The highest BCUT2D eigenvalue weighted by Crippen LogP contribution is 2.40. The monoisotopic (exact) mass is 420 g/mol. The van der Waals surface area contributed by atoms with Gasteiger partial charge in [-0.1, -0.05) is 37.1 Å². The molecule has 1 N–H and O–H groups in total. The van der Waals surface area contributed by atoms with E-state index in [0.717, 1.165) is 69.7 Å². The lowest BCUT2D eigenvalue weighted by Crippen LogP contribution is -2.50. The van der Waals surface area contributed by atoms with Crippen molar-refractivity contribution in [3.8, 4) is 0 Å². The number of piperidine rings is 1. The van der Waals surface area contributed by atoms with Crippen LogP contribution in [-0.2, 0) is 17.8 Å². The van der Waals surface area contributed by atoms with Crippen molar-refractivity contribution in [1.82, 2.24) is 9.80 Å². The van der Waals surface area contributed by atoms with E-state index in [4.69, 9.17) is 4.74 Å². The third-order valence-electron chi connectivity index (χ3n) is 8.28. The highest BCUT2D eigenvalue weighted by Gasteiger charge is 2.41. The fraction of sp³-hybridized carbons (Fsp3) is 0.577. The molecular weight excluding hydrogens is 388 g/mol. The molecule has 0 bridgehead atoms. The van der Waals surface area contributed by atoms with Gasteiger partial charge in [-0.25, -0.2) is 0 Å². The zero-order valence-electron chi connectivity index (χ0n) is 18.2. The second-order valence-electron chi connectivity index (χ2n) is 10.2. The Kier molecular flexibility index (Phi) is 4.82. The average molecular weight is 421 g/mol. The molecule has 2 atom stereocenters. The van der Waals surface area contributed by atoms with Crippen LogP contribution in [0.1, 0.15) is 60.0 Å². The summed E-state index contributed by atoms with van der Waals surface area (Å²) in [6.07, 6.45) is 5.89. The number of hydrogen-bond acceptors (Lipinski definition) is 4. The molecule has 164 valence electrons. The zero-order valence-corrected chi connectivity index (χ0v) is 18.2. The van der Waals surface area contributed by atoms with Crippen molar-refractivity contribution in [1.29, 1.82) is 0 Å². The molecule has 4 aliphatic rings. The van der Waals surface area contributed by atoms with Crippen LogP contribution in [0, 0.1) is 5.41 Å². The summed E-state index contributed by atoms with van der Waals surface area (Å²) in [6.45, 7) is 5.58. The summed E-state index contributed by atoms with van der Waals surface area (Å²) in [5, 5.41) is 13.0. The number of rotatable bonds is 3. The molecule has 2 unspecified atom stereocenters. The maximum absolute atomic E-state index is 13.4. The van der Waals surface area contributed by atoms with Gasteiger partial charge in [-0.2, -0.15) is 0 Å². The van der Waals surface area contributed by atoms with E-state index in [-0.39, 0.29) is 11.9 Å². The van der Waals surface area contributed by atoms with Gasteiger partial charge < -0.3 is 14.7 Å². The van der Waals surface area contributed by atoms with Crippen LogP contribution in [0.25, 0.3) is 10.8 Å². The lowest BCUT2D eigenvalue weighted by molar-refractivity contribution is -0.140. The van der Waals surface area contributed by atoms with Gasteiger partial charge in [0.2, 0.25) is 0 Å². The quantitative estimate of drug-likeness (QED) is 0.823. The Hall–Kier alpha value is -1.95. The first-order valence-electron chi connectivity index (χ1n) is 12.0. The molecule has 5 nitrogen and oxygen atoms in total. The fourth-order valence-electron chi connectivity index (χ4n) is 6.23. The number of hydrogen-bond donors (Lipinski definition) is 1. The zero-order chi connectivity index (χ0) is 21.0. The average Bonchev–Trinajstić information content (AvgIpc) is 3.10. The molecule has 6 rings (SSSR count). The van der Waals surface area contributed by atoms with E-state index >= 15 is 0 Å². The van der Waals surface area contributed by atoms with E-state index < -0.39 is 6.10 Å². The second-order valence-corrected chi connectivity index (χ2v) is 10.2. The topological polar surface area (TPSA) is 53.0 Å². The number of aliphatic hydroxyl groups is 1. The molecule has 0 aromatic heterocycles. The maximum atomic E-state index is 13.4. The highest BCUT2D eigenvalue weighted by molar-refractivity contribution is 6.05. The minimum Gasteiger partial charge on any atom is -0.391 e. The third-order valence-corrected chi connectivity index (χ3v) is 8.28. The standard InChI is InChI=1S/C26H32N2O3/c29-24-8-4-3-7-23(24)28-15-22-20-6-2-1-5-19(20)18(13-21(22)25(28)30)14-27-11-9-26(10-12-27)16-31-17-26/h1-2,5-6,13,23-24,29H,3-4,7-12,14-17H2. The molecule has 1 saturated carbocycles. The van der Waals surface area contributed by atoms with Crippen LogP contribution >= 0.6 is 0 Å². The Labute approximate surface area is 184 Å². The number of ether oxygens (including phenoxy) is 1. The predicted molar refractivity (Wildman–Crippen MR) is 120 cm³/mol. The van der Waals surface area contributed by atoms with Gasteiger partial charge in [0, 0.05) is 24.1 Å². The van der Waals surface area contributed by atoms with Crippen LogP contribution in [0.2, 0.25) is 0 Å². The number of benzene rings is 2. The molecule has 3 fully saturated rings. The van der Waals surface area contributed by atoms with Crippen molar-refractivity contribution >= 4 is 16.7 Å². The van der Waals surface area contributed by atoms with Gasteiger partial charge in [0.15, 0.2) is 0 Å². The van der Waals surface area contributed by atoms with Gasteiger partial charge in [-0.15, -0.1) is 0 Å². The van der Waals surface area contributed by atoms with Crippen molar-refractivity contribution in [3.63, 3.8) is 0 Å². The first-order valence-corrected chi connectivity index (χ1v) is 12.0. The summed E-state index contributed by atoms with van der Waals surface area (Å²) in [5.41, 5.74) is 3.70. The third kappa shape index (κ3) is 3.29. The van der Waals surface area contributed by atoms with E-state index in [1.807, 2.05) is 4.90 Å². The van der Waals surface area contributed by atoms with E-state index in [2.05, 4.69) is 35.2 Å². The van der Waals surface area contributed by atoms with Crippen molar-refractivity contribution in [3.05, 3.63) is 47.0 Å². The van der Waals surface area contributed by atoms with Crippen molar-refractivity contribution in [2.24, 2.45) is 5.41 Å². The molecular formula is C26H32N2O3. The molecule has 0 radical (unpaired) electrons. The van der Waals surface area contributed by atoms with Gasteiger partial charge >= 0.3 is 0 Å². The van der Waals surface area contributed by atoms with Crippen molar-refractivity contribution in [2.45, 2.75) is 63.8 Å². The Morgan fingerprint density at radius 3 is 2.52 bits per heavy atom. The van der Waals surface area contributed by atoms with Gasteiger partial charge in [0.1, 0.15) is 0 Å². The minimum absolute atomic E-state index is 0.0427. The van der Waals surface area contributed by atoms with Crippen molar-refractivity contribution in [2.75, 3.05) is 26.3 Å². The highest BCUT2D eigenvalue weighted by atomic mass is 16.5. The molecule has 2 aromatic rings. The fourth-order valence-corrected chi connectivity index (χ4v) is 6.23. The summed E-state index contributed by atoms with van der Waals surface area (Å²) in [5.74, 6) is 0.108. The first-order chi connectivity index (χ1) is 15.1. The molecule has 3 heterocycles. The first kappa shape index (κ1) is 19.7. The van der Waals surface area contributed by atoms with Gasteiger partial charge in [0.25, 0.3) is 5.91 Å². The number of aliphatic hydroxyl groups excluding tert-OH is 1. The van der Waals surface area contributed by atoms with Gasteiger partial charge in [-0.05, 0) is 66.7 Å². The molecule has 3 aliphatic heterocycles. The van der Waals surface area contributed by atoms with Crippen LogP contribution in [-0.4, -0.2) is 59.3 Å². The summed E-state index contributed by atoms with van der Waals surface area (Å²) in [6, 6.07) is 10.7. The molecule has 2 aromatic carbocycles. The summed E-state index contributed by atoms with van der Waals surface area (Å²) >= 11 is 0. The maximum Gasteiger partial charge on any atom is 0.254 e. The number of nitrogens with zero attached hydrogens (tertiary/aromatic N) is 2. The number of likely N-dealkylation sites (tertiary alicyclic amines) is 1. The largest absolute Gasteiger partial charge is 0.391 e. The van der Waals surface area contributed by atoms with Crippen LogP contribution in [0.3, 0.4) is 0 Å². The lowest BCUT2D eigenvalue weighted by atomic mass is 9.77. The molecule has 5 heteroatoms. The van der Waals surface area contributed by atoms with Crippen molar-refractivity contribution < 1.29 is 14.6 Å². The van der Waals surface area contributed by atoms with Crippen LogP contribution < -0.4 is 0 Å². The molecule has 1 aliphatic carbocycles. The Morgan fingerprint density at radius 1 is 1.06 bits per heavy atom. The number of fused-ring (bicyclic) bond motifs is 3. The SMILES string of the molecule is O=C1c2cc(CN3CCC4(CC3)COC4)c3ccccc3c2CN1C1CCCCC1O. The molecule has 1 amide bonds. The second kappa shape index (κ2) is 7.58. The smallest absolute Gasteiger partial charge is 0.254 e. The van der Waals surface area contributed by atoms with Crippen LogP contribution in [0.5, 0.6) is 0 Å². The summed E-state index contributed by atoms with van der Waals surface area (Å²) < 4.78 is 5.48. The van der Waals surface area contributed by atoms with E-state index in [1.165, 1.54) is 29.2 Å². The normalized spacial score (nSPS) is 28.2. The number of carbonyl (C=O) groups excluding carboxylic acids is 1. The minimum atomic E-state index is -0.395. The molecule has 2 saturated heterocycles. The Morgan fingerprint density at radius 2 is 1.81 bits per heavy atom. The Balaban J connectivity index is 1.30. The lowest BCUT2D eigenvalue weighted by Gasteiger charge is -2.47. The van der Waals surface area contributed by atoms with Gasteiger partial charge in [0.05, 0.1) is 25.4 Å². The van der Waals surface area contributed by atoms with E-state index in [0.29, 0.717) is 12.0 Å². The van der Waals surface area contributed by atoms with Crippen LogP contribution in [0.15, 0.2) is 30.3 Å². The van der Waals surface area contributed by atoms with E-state index in [1.54, 1.807) is 0 Å². The van der Waals surface area contributed by atoms with Crippen LogP contribution in [0.4, 0.5) is 0 Å². The van der Waals surface area contributed by atoms with E-state index in [9.17, 15) is 9.90 Å². The summed E-state index contributed by atoms with van der Waals surface area (Å²) in [7, 11) is 0. The molecule has 31 heavy (non-hydrogen) atoms. The number of carbonyl (C=O) groups is 1.